The van der Waals surface area contributed by atoms with Crippen molar-refractivity contribution in [1.82, 2.24) is 30.6 Å². The Kier molecular flexibility index (Phi) is 5.57. The van der Waals surface area contributed by atoms with Crippen LogP contribution in [0.4, 0.5) is 0 Å². The molecule has 0 unspecified atom stereocenters. The Hall–Kier alpha value is -5.30. The van der Waals surface area contributed by atoms with Crippen LogP contribution in [0.3, 0.4) is 0 Å². The summed E-state index contributed by atoms with van der Waals surface area (Å²) in [5.41, 5.74) is 11.6. The van der Waals surface area contributed by atoms with E-state index in [1.165, 1.54) is 80.6 Å². The van der Waals surface area contributed by atoms with E-state index in [2.05, 4.69) is 130 Å². The average Bonchev–Trinajstić information content (AvgIpc) is 3.73. The fraction of sp³-hybridized carbons (Fsp3) is 0.227. The molecule has 0 amide bonds. The van der Waals surface area contributed by atoms with Gasteiger partial charge in [-0.1, -0.05) is 60.7 Å². The van der Waals surface area contributed by atoms with Gasteiger partial charge in [-0.05, 0) is 141 Å². The topological polar surface area (TPSA) is 81.4 Å². The number of imidazole rings is 2. The summed E-state index contributed by atoms with van der Waals surface area (Å²) in [5, 5.41) is 12.4. The number of H-pyrrole nitrogens is 2. The molecule has 6 heteroatoms. The fourth-order valence-electron chi connectivity index (χ4n) is 9.02. The third kappa shape index (κ3) is 4.48. The molecule has 2 saturated heterocycles. The molecule has 6 aromatic carbocycles. The smallest absolute Gasteiger partial charge is 0.124 e. The number of hydrogen-bond acceptors (Lipinski definition) is 4. The van der Waals surface area contributed by atoms with Gasteiger partial charge in [0.05, 0.1) is 34.2 Å². The van der Waals surface area contributed by atoms with Crippen LogP contribution in [-0.4, -0.2) is 32.0 Å². The molecule has 4 heterocycles. The molecule has 2 aromatic heterocycles. The average molecular weight is 649 g/mol. The summed E-state index contributed by atoms with van der Waals surface area (Å²) in [6, 6.07) is 42.6. The number of nitrogens with zero attached hydrogens (tertiary/aromatic N) is 2. The van der Waals surface area contributed by atoms with Crippen molar-refractivity contribution >= 4 is 43.6 Å². The van der Waals surface area contributed by atoms with Gasteiger partial charge in [0.2, 0.25) is 0 Å². The van der Waals surface area contributed by atoms with Gasteiger partial charge in [-0.15, -0.1) is 0 Å². The molecule has 0 radical (unpaired) electrons. The first kappa shape index (κ1) is 27.5. The molecule has 6 atom stereocenters. The third-order valence-electron chi connectivity index (χ3n) is 12.1. The lowest BCUT2D eigenvalue weighted by Crippen LogP contribution is -2.18. The first-order valence-corrected chi connectivity index (χ1v) is 18.2. The Morgan fingerprint density at radius 1 is 0.400 bits per heavy atom. The highest BCUT2D eigenvalue weighted by Crippen LogP contribution is 2.47. The summed E-state index contributed by atoms with van der Waals surface area (Å²) in [6.45, 7) is 0. The zero-order valence-corrected chi connectivity index (χ0v) is 27.6. The quantitative estimate of drug-likeness (QED) is 0.150. The van der Waals surface area contributed by atoms with Crippen molar-refractivity contribution < 1.29 is 0 Å². The van der Waals surface area contributed by atoms with Crippen molar-refractivity contribution in [1.29, 1.82) is 0 Å². The summed E-state index contributed by atoms with van der Waals surface area (Å²) in [4.78, 5) is 17.1. The minimum Gasteiger partial charge on any atom is -0.341 e. The molecular formula is C44H36N6. The van der Waals surface area contributed by atoms with Crippen molar-refractivity contribution in [3.05, 3.63) is 121 Å². The Labute approximate surface area is 289 Å². The second-order valence-electron chi connectivity index (χ2n) is 15.4. The normalized spacial score (nSPS) is 25.1. The van der Waals surface area contributed by atoms with Gasteiger partial charge in [-0.25, -0.2) is 9.97 Å². The van der Waals surface area contributed by atoms with E-state index in [1.807, 2.05) is 0 Å². The summed E-state index contributed by atoms with van der Waals surface area (Å²) in [6.07, 6.45) is 5.07. The van der Waals surface area contributed by atoms with Gasteiger partial charge in [0, 0.05) is 12.1 Å². The Bertz CT molecular complexity index is 2480. The molecule has 0 spiro atoms. The van der Waals surface area contributed by atoms with E-state index in [0.29, 0.717) is 24.2 Å². The zero-order valence-electron chi connectivity index (χ0n) is 27.6. The number of rotatable bonds is 5. The van der Waals surface area contributed by atoms with Crippen LogP contribution in [0, 0.1) is 11.8 Å². The van der Waals surface area contributed by atoms with Crippen LogP contribution in [0.15, 0.2) is 109 Å². The van der Waals surface area contributed by atoms with E-state index < -0.39 is 0 Å². The van der Waals surface area contributed by atoms with E-state index >= 15 is 0 Å². The van der Waals surface area contributed by atoms with Crippen LogP contribution in [-0.2, 0) is 0 Å². The highest BCUT2D eigenvalue weighted by Gasteiger charge is 2.47. The number of hydrogen-bond donors (Lipinski definition) is 4. The van der Waals surface area contributed by atoms with Gasteiger partial charge >= 0.3 is 0 Å². The second kappa shape index (κ2) is 10.1. The predicted octanol–water partition coefficient (Wildman–Crippen LogP) is 9.59. The van der Waals surface area contributed by atoms with Crippen LogP contribution in [0.1, 0.15) is 49.4 Å². The molecule has 2 aliphatic heterocycles. The summed E-state index contributed by atoms with van der Waals surface area (Å²) in [5.74, 6) is 3.87. The molecule has 4 aliphatic rings. The summed E-state index contributed by atoms with van der Waals surface area (Å²) < 4.78 is 0. The van der Waals surface area contributed by atoms with Gasteiger partial charge in [-0.2, -0.15) is 0 Å². The second-order valence-corrected chi connectivity index (χ2v) is 15.4. The number of benzene rings is 6. The van der Waals surface area contributed by atoms with Crippen molar-refractivity contribution in [3.8, 4) is 33.4 Å². The van der Waals surface area contributed by atoms with Gasteiger partial charge in [0.25, 0.3) is 0 Å². The molecule has 242 valence electrons. The maximum Gasteiger partial charge on any atom is 0.124 e. The van der Waals surface area contributed by atoms with Gasteiger partial charge in [-0.3, -0.25) is 0 Å². The van der Waals surface area contributed by atoms with E-state index in [9.17, 15) is 0 Å². The van der Waals surface area contributed by atoms with Crippen LogP contribution in [0.5, 0.6) is 0 Å². The summed E-state index contributed by atoms with van der Waals surface area (Å²) >= 11 is 0. The van der Waals surface area contributed by atoms with Crippen molar-refractivity contribution in [2.75, 3.05) is 0 Å². The molecule has 8 aromatic rings. The van der Waals surface area contributed by atoms with Crippen LogP contribution < -0.4 is 10.6 Å². The van der Waals surface area contributed by atoms with E-state index in [0.717, 1.165) is 45.6 Å². The number of nitrogens with one attached hydrogen (secondary N) is 4. The zero-order chi connectivity index (χ0) is 32.5. The number of piperidine rings is 2. The predicted molar refractivity (Wildman–Crippen MR) is 202 cm³/mol. The molecule has 2 aliphatic carbocycles. The number of fused-ring (bicyclic) bond motifs is 6. The lowest BCUT2D eigenvalue weighted by atomic mass is 9.95. The molecule has 12 rings (SSSR count). The molecule has 6 nitrogen and oxygen atoms in total. The van der Waals surface area contributed by atoms with Crippen LogP contribution in [0.25, 0.3) is 77.0 Å². The maximum atomic E-state index is 4.91. The lowest BCUT2D eigenvalue weighted by molar-refractivity contribution is 0.544. The maximum absolute atomic E-state index is 4.91. The molecule has 2 saturated carbocycles. The molecule has 50 heavy (non-hydrogen) atoms. The highest BCUT2D eigenvalue weighted by atomic mass is 15.1. The van der Waals surface area contributed by atoms with Gasteiger partial charge < -0.3 is 20.6 Å². The first-order valence-electron chi connectivity index (χ1n) is 18.2. The van der Waals surface area contributed by atoms with E-state index in [-0.39, 0.29) is 0 Å². The standard InChI is InChI=1S/C44H36N6/c1-3-27-15-29(31-9-11-35-39(17-31)49-43(47-35)41-21-33-19-37(33)45-41)7-5-25(27)13-23(1)24-2-4-28-16-30(8-6-26(28)14-24)32-10-12-36-40(18-32)50-44(48-36)42-22-34-20-38(34)46-42/h1-18,33-34,37-38,41-42,45-46H,19-22H2,(H,47,49)(H,48,50)/t33-,34-,37-,38-,41+,42+/m1/s1. The van der Waals surface area contributed by atoms with E-state index in [4.69, 9.17) is 9.97 Å². The minimum absolute atomic E-state index is 0.367. The van der Waals surface area contributed by atoms with Crippen molar-refractivity contribution in [2.24, 2.45) is 11.8 Å². The first-order chi connectivity index (χ1) is 24.6. The van der Waals surface area contributed by atoms with Crippen LogP contribution in [0.2, 0.25) is 0 Å². The van der Waals surface area contributed by atoms with Gasteiger partial charge in [0.1, 0.15) is 11.6 Å². The summed E-state index contributed by atoms with van der Waals surface area (Å²) in [7, 11) is 0. The highest BCUT2D eigenvalue weighted by molar-refractivity contribution is 5.95. The molecular weight excluding hydrogens is 613 g/mol. The van der Waals surface area contributed by atoms with Crippen molar-refractivity contribution in [3.63, 3.8) is 0 Å². The fourth-order valence-corrected chi connectivity index (χ4v) is 9.02. The Morgan fingerprint density at radius 3 is 1.12 bits per heavy atom. The number of aromatic nitrogens is 4. The molecule has 4 fully saturated rings. The third-order valence-corrected chi connectivity index (χ3v) is 12.1. The monoisotopic (exact) mass is 648 g/mol. The number of aromatic amines is 2. The Balaban J connectivity index is 0.804. The van der Waals surface area contributed by atoms with Crippen LogP contribution >= 0.6 is 0 Å². The minimum atomic E-state index is 0.367. The lowest BCUT2D eigenvalue weighted by Gasteiger charge is -2.09. The molecule has 4 N–H and O–H groups in total. The van der Waals surface area contributed by atoms with Crippen molar-refractivity contribution in [2.45, 2.75) is 49.9 Å². The largest absolute Gasteiger partial charge is 0.341 e. The van der Waals surface area contributed by atoms with Gasteiger partial charge in [0.15, 0.2) is 0 Å². The van der Waals surface area contributed by atoms with E-state index in [1.54, 1.807) is 0 Å². The SMILES string of the molecule is c1cc2cc(-c3ccc4nc([C@@H]5C[C@H]6C[C@H]6N5)[nH]c4c3)ccc2cc1-c1ccc2cc(-c3ccc4nc([C@@H]5C[C@H]6C[C@H]6N5)[nH]c4c3)ccc2c1. The molecule has 0 bridgehead atoms. The Morgan fingerprint density at radius 2 is 0.760 bits per heavy atom.